The molecule has 2 aliphatic rings. The van der Waals surface area contributed by atoms with Crippen LogP contribution in [0.3, 0.4) is 0 Å². The summed E-state index contributed by atoms with van der Waals surface area (Å²) in [5.74, 6) is -1.79. The van der Waals surface area contributed by atoms with Crippen LogP contribution in [0.4, 0.5) is 5.69 Å². The molecule has 11 nitrogen and oxygen atoms in total. The van der Waals surface area contributed by atoms with E-state index < -0.39 is 22.8 Å². The predicted molar refractivity (Wildman–Crippen MR) is 156 cm³/mol. The standard InChI is InChI=1S/C30H31N3O8S/c1-4-41-30(37)26-23(17-42-15-8-7-14-32-27(34)21-12-5-6-13-22(21)28(32)35)31-18(2)24(29(36)40-3)25(26)19-10-9-11-20(16-19)33(38)39/h5-6,9-13,16,25,31H,4,7-8,14-15,17H2,1-3H3. The number of carbonyl (C=O) groups is 4. The van der Waals surface area contributed by atoms with Gasteiger partial charge in [-0.3, -0.25) is 24.6 Å². The lowest BCUT2D eigenvalue weighted by molar-refractivity contribution is -0.384. The number of nitrogens with zero attached hydrogens (tertiary/aromatic N) is 2. The van der Waals surface area contributed by atoms with Gasteiger partial charge < -0.3 is 14.8 Å². The van der Waals surface area contributed by atoms with Crippen LogP contribution in [0.5, 0.6) is 0 Å². The Labute approximate surface area is 247 Å². The molecule has 220 valence electrons. The molecule has 0 aromatic heterocycles. The molecule has 1 atom stereocenters. The number of methoxy groups -OCH3 is 1. The fourth-order valence-electron chi connectivity index (χ4n) is 5.08. The van der Waals surface area contributed by atoms with E-state index in [9.17, 15) is 29.3 Å². The number of fused-ring (bicyclic) bond motifs is 1. The summed E-state index contributed by atoms with van der Waals surface area (Å²) in [5.41, 5.74) is 2.39. The molecule has 0 aliphatic carbocycles. The van der Waals surface area contributed by atoms with E-state index in [1.54, 1.807) is 44.2 Å². The number of esters is 2. The third kappa shape index (κ3) is 6.23. The van der Waals surface area contributed by atoms with Gasteiger partial charge in [-0.25, -0.2) is 9.59 Å². The van der Waals surface area contributed by atoms with E-state index in [4.69, 9.17) is 9.47 Å². The van der Waals surface area contributed by atoms with Crippen molar-refractivity contribution in [2.45, 2.75) is 32.6 Å². The SMILES string of the molecule is CCOC(=O)C1=C(CSCCCCN2C(=O)c3ccccc3C2=O)NC(C)=C(C(=O)OC)C1c1cccc([N+](=O)[O-])c1. The second-order valence-corrected chi connectivity index (χ2v) is 10.7. The first-order valence-electron chi connectivity index (χ1n) is 13.4. The minimum absolute atomic E-state index is 0.0957. The molecule has 0 saturated carbocycles. The molecule has 0 spiro atoms. The van der Waals surface area contributed by atoms with Crippen molar-refractivity contribution in [1.29, 1.82) is 0 Å². The van der Waals surface area contributed by atoms with E-state index in [-0.39, 0.29) is 35.3 Å². The fraction of sp³-hybridized carbons (Fsp3) is 0.333. The number of allylic oxidation sites excluding steroid dienone is 1. The molecule has 12 heteroatoms. The summed E-state index contributed by atoms with van der Waals surface area (Å²) >= 11 is 1.53. The molecule has 2 aromatic carbocycles. The van der Waals surface area contributed by atoms with Gasteiger partial charge in [0.15, 0.2) is 0 Å². The summed E-state index contributed by atoms with van der Waals surface area (Å²) in [6, 6.07) is 12.6. The number of nitro benzene ring substituents is 1. The molecular formula is C30H31N3O8S. The Morgan fingerprint density at radius 1 is 1.02 bits per heavy atom. The minimum Gasteiger partial charge on any atom is -0.466 e. The van der Waals surface area contributed by atoms with Crippen molar-refractivity contribution in [1.82, 2.24) is 10.2 Å². The van der Waals surface area contributed by atoms with Crippen molar-refractivity contribution in [3.63, 3.8) is 0 Å². The Bertz CT molecular complexity index is 1460. The summed E-state index contributed by atoms with van der Waals surface area (Å²) in [7, 11) is 1.23. The maximum Gasteiger partial charge on any atom is 0.336 e. The number of rotatable bonds is 12. The van der Waals surface area contributed by atoms with Crippen LogP contribution in [0.1, 0.15) is 58.9 Å². The number of ether oxygens (including phenoxy) is 2. The maximum atomic E-state index is 13.3. The Hall–Kier alpha value is -4.45. The Balaban J connectivity index is 1.50. The highest BCUT2D eigenvalue weighted by Gasteiger charge is 2.39. The minimum atomic E-state index is -0.943. The molecule has 2 aromatic rings. The molecule has 2 heterocycles. The van der Waals surface area contributed by atoms with Crippen molar-refractivity contribution in [3.8, 4) is 0 Å². The van der Waals surface area contributed by atoms with Gasteiger partial charge in [-0.05, 0) is 50.1 Å². The third-order valence-electron chi connectivity index (χ3n) is 7.00. The molecule has 1 N–H and O–H groups in total. The molecule has 4 rings (SSSR count). The van der Waals surface area contributed by atoms with Gasteiger partial charge in [0, 0.05) is 35.8 Å². The van der Waals surface area contributed by atoms with E-state index in [1.807, 2.05) is 0 Å². The molecule has 2 aliphatic heterocycles. The van der Waals surface area contributed by atoms with Gasteiger partial charge in [-0.2, -0.15) is 11.8 Å². The van der Waals surface area contributed by atoms with Gasteiger partial charge >= 0.3 is 11.9 Å². The number of nitro groups is 1. The first-order chi connectivity index (χ1) is 20.2. The summed E-state index contributed by atoms with van der Waals surface area (Å²) < 4.78 is 10.4. The van der Waals surface area contributed by atoms with E-state index in [0.29, 0.717) is 59.0 Å². The van der Waals surface area contributed by atoms with Crippen molar-refractivity contribution in [2.75, 3.05) is 31.8 Å². The number of benzene rings is 2. The van der Waals surface area contributed by atoms with Crippen LogP contribution >= 0.6 is 11.8 Å². The number of thioether (sulfide) groups is 1. The summed E-state index contributed by atoms with van der Waals surface area (Å²) in [4.78, 5) is 63.6. The smallest absolute Gasteiger partial charge is 0.336 e. The zero-order chi connectivity index (χ0) is 30.4. The van der Waals surface area contributed by atoms with Gasteiger partial charge in [0.1, 0.15) is 0 Å². The van der Waals surface area contributed by atoms with Crippen LogP contribution in [0.25, 0.3) is 0 Å². The molecule has 2 amide bonds. The van der Waals surface area contributed by atoms with E-state index in [0.717, 1.165) is 0 Å². The highest BCUT2D eigenvalue weighted by atomic mass is 32.2. The van der Waals surface area contributed by atoms with Crippen LogP contribution in [-0.4, -0.2) is 65.3 Å². The second kappa shape index (κ2) is 13.5. The molecule has 0 fully saturated rings. The number of non-ortho nitro benzene ring substituents is 1. The maximum absolute atomic E-state index is 13.3. The zero-order valence-electron chi connectivity index (χ0n) is 23.5. The van der Waals surface area contributed by atoms with E-state index in [2.05, 4.69) is 5.32 Å². The average Bonchev–Trinajstić information content (AvgIpc) is 3.23. The zero-order valence-corrected chi connectivity index (χ0v) is 24.3. The number of nitrogens with one attached hydrogen (secondary N) is 1. The van der Waals surface area contributed by atoms with Gasteiger partial charge in [0.2, 0.25) is 0 Å². The number of imide groups is 1. The van der Waals surface area contributed by atoms with Crippen molar-refractivity contribution >= 4 is 41.2 Å². The molecule has 42 heavy (non-hydrogen) atoms. The van der Waals surface area contributed by atoms with Crippen LogP contribution in [0.2, 0.25) is 0 Å². The fourth-order valence-corrected chi connectivity index (χ4v) is 6.07. The van der Waals surface area contributed by atoms with Crippen LogP contribution < -0.4 is 5.32 Å². The van der Waals surface area contributed by atoms with Crippen LogP contribution in [0.15, 0.2) is 71.1 Å². The highest BCUT2D eigenvalue weighted by molar-refractivity contribution is 7.99. The molecular weight excluding hydrogens is 562 g/mol. The summed E-state index contributed by atoms with van der Waals surface area (Å²) in [5, 5.41) is 14.7. The predicted octanol–water partition coefficient (Wildman–Crippen LogP) is 4.36. The quantitative estimate of drug-likeness (QED) is 0.124. The topological polar surface area (TPSA) is 145 Å². The number of dihydropyridines is 1. The number of hydrogen-bond acceptors (Lipinski definition) is 10. The van der Waals surface area contributed by atoms with Gasteiger partial charge in [-0.15, -0.1) is 0 Å². The van der Waals surface area contributed by atoms with Crippen molar-refractivity contribution < 1.29 is 33.6 Å². The van der Waals surface area contributed by atoms with Crippen molar-refractivity contribution in [2.24, 2.45) is 0 Å². The Kier molecular flexibility index (Phi) is 9.79. The third-order valence-corrected chi connectivity index (χ3v) is 8.08. The number of unbranched alkanes of at least 4 members (excludes halogenated alkanes) is 1. The van der Waals surface area contributed by atoms with Crippen LogP contribution in [0, 0.1) is 10.1 Å². The lowest BCUT2D eigenvalue weighted by Gasteiger charge is -2.31. The van der Waals surface area contributed by atoms with Gasteiger partial charge in [0.25, 0.3) is 17.5 Å². The summed E-state index contributed by atoms with van der Waals surface area (Å²) in [6.45, 7) is 3.76. The van der Waals surface area contributed by atoms with E-state index in [1.165, 1.54) is 42.0 Å². The largest absolute Gasteiger partial charge is 0.466 e. The monoisotopic (exact) mass is 593 g/mol. The molecule has 0 radical (unpaired) electrons. The van der Waals surface area contributed by atoms with Gasteiger partial charge in [0.05, 0.1) is 46.8 Å². The molecule has 0 bridgehead atoms. The lowest BCUT2D eigenvalue weighted by Crippen LogP contribution is -2.34. The second-order valence-electron chi connectivity index (χ2n) is 9.62. The first kappa shape index (κ1) is 30.5. The number of carbonyl (C=O) groups excluding carboxylic acids is 4. The van der Waals surface area contributed by atoms with E-state index >= 15 is 0 Å². The molecule has 1 unspecified atom stereocenters. The van der Waals surface area contributed by atoms with Crippen LogP contribution in [-0.2, 0) is 19.1 Å². The normalized spacial score (nSPS) is 16.4. The number of amides is 2. The highest BCUT2D eigenvalue weighted by Crippen LogP contribution is 2.41. The van der Waals surface area contributed by atoms with Crippen molar-refractivity contribution in [3.05, 3.63) is 97.9 Å². The Morgan fingerprint density at radius 3 is 2.33 bits per heavy atom. The summed E-state index contributed by atoms with van der Waals surface area (Å²) in [6.07, 6.45) is 1.31. The molecule has 0 saturated heterocycles. The van der Waals surface area contributed by atoms with Gasteiger partial charge in [-0.1, -0.05) is 24.3 Å². The lowest BCUT2D eigenvalue weighted by atomic mass is 9.80. The first-order valence-corrected chi connectivity index (χ1v) is 14.6. The Morgan fingerprint density at radius 2 is 1.71 bits per heavy atom. The number of hydrogen-bond donors (Lipinski definition) is 1. The average molecular weight is 594 g/mol.